The zero-order chi connectivity index (χ0) is 12.7. The standard InChI is InChI=1S/C12H16BrN5/c1-9-7-18(6-5-16(9)2)12-11-14-3-4-17(11)8-10(13)15-12/h3-4,8-9H,5-7H2,1-2H3. The first-order valence-corrected chi connectivity index (χ1v) is 6.89. The number of halogens is 1. The van der Waals surface area contributed by atoms with Crippen LogP contribution in [0.2, 0.25) is 0 Å². The third-order valence-electron chi connectivity index (χ3n) is 3.59. The van der Waals surface area contributed by atoms with Crippen molar-refractivity contribution >= 4 is 27.4 Å². The Balaban J connectivity index is 2.01. The molecule has 0 spiro atoms. The molecule has 1 atom stereocenters. The lowest BCUT2D eigenvalue weighted by molar-refractivity contribution is 0.233. The Labute approximate surface area is 115 Å². The summed E-state index contributed by atoms with van der Waals surface area (Å²) in [4.78, 5) is 13.7. The molecule has 6 heteroatoms. The Morgan fingerprint density at radius 2 is 2.22 bits per heavy atom. The van der Waals surface area contributed by atoms with Gasteiger partial charge >= 0.3 is 0 Å². The van der Waals surface area contributed by atoms with Crippen molar-refractivity contribution in [2.45, 2.75) is 13.0 Å². The minimum Gasteiger partial charge on any atom is -0.351 e. The minimum atomic E-state index is 0.537. The molecule has 0 aromatic carbocycles. The van der Waals surface area contributed by atoms with Gasteiger partial charge in [-0.25, -0.2) is 9.97 Å². The predicted molar refractivity (Wildman–Crippen MR) is 75.0 cm³/mol. The van der Waals surface area contributed by atoms with Crippen LogP contribution in [0, 0.1) is 0 Å². The van der Waals surface area contributed by atoms with Crippen molar-refractivity contribution in [3.05, 3.63) is 23.2 Å². The number of nitrogens with zero attached hydrogens (tertiary/aromatic N) is 5. The molecule has 1 fully saturated rings. The molecule has 0 radical (unpaired) electrons. The molecule has 0 N–H and O–H groups in total. The molecule has 0 saturated carbocycles. The topological polar surface area (TPSA) is 36.7 Å². The summed E-state index contributed by atoms with van der Waals surface area (Å²) in [5.41, 5.74) is 0.926. The van der Waals surface area contributed by atoms with Gasteiger partial charge in [0.15, 0.2) is 11.5 Å². The number of likely N-dealkylation sites (N-methyl/N-ethyl adjacent to an activating group) is 1. The number of aromatic nitrogens is 3. The van der Waals surface area contributed by atoms with E-state index < -0.39 is 0 Å². The molecule has 0 bridgehead atoms. The van der Waals surface area contributed by atoms with Gasteiger partial charge in [0.05, 0.1) is 0 Å². The van der Waals surface area contributed by atoms with Crippen LogP contribution < -0.4 is 4.90 Å². The lowest BCUT2D eigenvalue weighted by atomic mass is 10.2. The van der Waals surface area contributed by atoms with Crippen LogP contribution in [0.1, 0.15) is 6.92 Å². The quantitative estimate of drug-likeness (QED) is 0.802. The van der Waals surface area contributed by atoms with Crippen molar-refractivity contribution in [1.82, 2.24) is 19.3 Å². The largest absolute Gasteiger partial charge is 0.351 e. The van der Waals surface area contributed by atoms with Crippen LogP contribution in [0.3, 0.4) is 0 Å². The van der Waals surface area contributed by atoms with Gasteiger partial charge in [0.1, 0.15) is 4.60 Å². The number of hydrogen-bond donors (Lipinski definition) is 0. The maximum Gasteiger partial charge on any atom is 0.180 e. The molecule has 3 rings (SSSR count). The third kappa shape index (κ3) is 1.99. The highest BCUT2D eigenvalue weighted by Crippen LogP contribution is 2.23. The van der Waals surface area contributed by atoms with Crippen LogP contribution in [0.25, 0.3) is 5.65 Å². The molecular formula is C12H16BrN5. The summed E-state index contributed by atoms with van der Waals surface area (Å²) in [6.45, 7) is 5.28. The van der Waals surface area contributed by atoms with E-state index in [0.717, 1.165) is 35.7 Å². The first-order chi connectivity index (χ1) is 8.65. The van der Waals surface area contributed by atoms with Crippen LogP contribution in [0.15, 0.2) is 23.2 Å². The second-order valence-corrected chi connectivity index (χ2v) is 5.63. The number of piperazine rings is 1. The fraction of sp³-hybridized carbons (Fsp3) is 0.500. The average molecular weight is 310 g/mol. The van der Waals surface area contributed by atoms with Gasteiger partial charge < -0.3 is 14.2 Å². The van der Waals surface area contributed by atoms with Crippen molar-refractivity contribution in [3.63, 3.8) is 0 Å². The van der Waals surface area contributed by atoms with Crippen LogP contribution in [-0.4, -0.2) is 52.0 Å². The molecule has 0 aliphatic carbocycles. The van der Waals surface area contributed by atoms with Crippen molar-refractivity contribution < 1.29 is 0 Å². The van der Waals surface area contributed by atoms with E-state index in [1.54, 1.807) is 0 Å². The minimum absolute atomic E-state index is 0.537. The summed E-state index contributed by atoms with van der Waals surface area (Å²) >= 11 is 3.46. The number of fused-ring (bicyclic) bond motifs is 1. The van der Waals surface area contributed by atoms with Gasteiger partial charge in [-0.3, -0.25) is 0 Å². The first-order valence-electron chi connectivity index (χ1n) is 6.09. The van der Waals surface area contributed by atoms with E-state index in [1.165, 1.54) is 0 Å². The van der Waals surface area contributed by atoms with E-state index in [0.29, 0.717) is 6.04 Å². The van der Waals surface area contributed by atoms with Crippen molar-refractivity contribution in [2.75, 3.05) is 31.6 Å². The van der Waals surface area contributed by atoms with Crippen molar-refractivity contribution in [3.8, 4) is 0 Å². The molecule has 0 amide bonds. The van der Waals surface area contributed by atoms with Gasteiger partial charge in [-0.1, -0.05) is 0 Å². The number of imidazole rings is 1. The molecule has 1 saturated heterocycles. The highest BCUT2D eigenvalue weighted by atomic mass is 79.9. The van der Waals surface area contributed by atoms with Crippen LogP contribution in [-0.2, 0) is 0 Å². The lowest BCUT2D eigenvalue weighted by Crippen LogP contribution is -2.50. The van der Waals surface area contributed by atoms with Crippen LogP contribution in [0.5, 0.6) is 0 Å². The second kappa shape index (κ2) is 4.51. The Bertz CT molecular complexity index is 567. The molecule has 1 aliphatic heterocycles. The van der Waals surface area contributed by atoms with E-state index in [4.69, 9.17) is 0 Å². The number of rotatable bonds is 1. The van der Waals surface area contributed by atoms with Gasteiger partial charge in [0.25, 0.3) is 0 Å². The smallest absolute Gasteiger partial charge is 0.180 e. The Hall–Kier alpha value is -1.14. The SMILES string of the molecule is CC1CN(c2nc(Br)cn3ccnc23)CCN1C. The third-order valence-corrected chi connectivity index (χ3v) is 3.97. The molecule has 5 nitrogen and oxygen atoms in total. The van der Waals surface area contributed by atoms with E-state index >= 15 is 0 Å². The maximum absolute atomic E-state index is 4.60. The fourth-order valence-corrected chi connectivity index (χ4v) is 2.73. The fourth-order valence-electron chi connectivity index (χ4n) is 2.34. The van der Waals surface area contributed by atoms with Crippen molar-refractivity contribution in [2.24, 2.45) is 0 Å². The summed E-state index contributed by atoms with van der Waals surface area (Å²) in [7, 11) is 2.17. The van der Waals surface area contributed by atoms with Crippen LogP contribution >= 0.6 is 15.9 Å². The second-order valence-electron chi connectivity index (χ2n) is 4.82. The Kier molecular flexibility index (Phi) is 2.99. The monoisotopic (exact) mass is 309 g/mol. The average Bonchev–Trinajstić information content (AvgIpc) is 2.79. The van der Waals surface area contributed by atoms with Gasteiger partial charge in [-0.2, -0.15) is 0 Å². The highest BCUT2D eigenvalue weighted by Gasteiger charge is 2.23. The molecule has 18 heavy (non-hydrogen) atoms. The van der Waals surface area contributed by atoms with E-state index in [9.17, 15) is 0 Å². The van der Waals surface area contributed by atoms with Gasteiger partial charge in [0.2, 0.25) is 0 Å². The number of anilines is 1. The number of hydrogen-bond acceptors (Lipinski definition) is 4. The molecule has 96 valence electrons. The van der Waals surface area contributed by atoms with Gasteiger partial charge in [-0.05, 0) is 29.9 Å². The predicted octanol–water partition coefficient (Wildman–Crippen LogP) is 1.63. The lowest BCUT2D eigenvalue weighted by Gasteiger charge is -2.38. The molecule has 1 unspecified atom stereocenters. The maximum atomic E-state index is 4.60. The molecular weight excluding hydrogens is 294 g/mol. The molecule has 2 aromatic rings. The molecule has 1 aliphatic rings. The van der Waals surface area contributed by atoms with Gasteiger partial charge in [0, 0.05) is 44.3 Å². The summed E-state index contributed by atoms with van der Waals surface area (Å²) in [6.07, 6.45) is 5.70. The molecule has 2 aromatic heterocycles. The summed E-state index contributed by atoms with van der Waals surface area (Å²) in [5.74, 6) is 0.967. The zero-order valence-corrected chi connectivity index (χ0v) is 12.1. The Morgan fingerprint density at radius 3 is 3.00 bits per heavy atom. The first kappa shape index (κ1) is 11.9. The zero-order valence-electron chi connectivity index (χ0n) is 10.5. The summed E-state index contributed by atoms with van der Waals surface area (Å²) < 4.78 is 2.85. The normalized spacial score (nSPS) is 21.7. The van der Waals surface area contributed by atoms with Crippen LogP contribution in [0.4, 0.5) is 5.82 Å². The summed E-state index contributed by atoms with van der Waals surface area (Å²) in [5, 5.41) is 0. The molecule has 3 heterocycles. The van der Waals surface area contributed by atoms with E-state index in [1.807, 2.05) is 23.0 Å². The Morgan fingerprint density at radius 1 is 1.39 bits per heavy atom. The van der Waals surface area contributed by atoms with Crippen molar-refractivity contribution in [1.29, 1.82) is 0 Å². The highest BCUT2D eigenvalue weighted by molar-refractivity contribution is 9.10. The van der Waals surface area contributed by atoms with E-state index in [-0.39, 0.29) is 0 Å². The van der Waals surface area contributed by atoms with Gasteiger partial charge in [-0.15, -0.1) is 0 Å². The van der Waals surface area contributed by atoms with E-state index in [2.05, 4.69) is 49.7 Å². The summed E-state index contributed by atoms with van der Waals surface area (Å²) in [6, 6.07) is 0.537.